The highest BCUT2D eigenvalue weighted by atomic mass is 19.1. The summed E-state index contributed by atoms with van der Waals surface area (Å²) in [5, 5.41) is 0. The molecule has 0 saturated carbocycles. The van der Waals surface area contributed by atoms with Crippen LogP contribution in [0.5, 0.6) is 17.2 Å². The summed E-state index contributed by atoms with van der Waals surface area (Å²) in [6.07, 6.45) is 0.881. The molecule has 0 N–H and O–H groups in total. The Morgan fingerprint density at radius 1 is 0.871 bits per heavy atom. The summed E-state index contributed by atoms with van der Waals surface area (Å²) in [6, 6.07) is 9.19. The van der Waals surface area contributed by atoms with Crippen LogP contribution in [0.25, 0.3) is 0 Å². The minimum Gasteiger partial charge on any atom is -0.493 e. The van der Waals surface area contributed by atoms with Gasteiger partial charge >= 0.3 is 0 Å². The molecule has 0 unspecified atom stereocenters. The van der Waals surface area contributed by atoms with Crippen LogP contribution in [-0.4, -0.2) is 69.1 Å². The van der Waals surface area contributed by atoms with Crippen LogP contribution < -0.4 is 14.2 Å². The molecule has 1 saturated heterocycles. The van der Waals surface area contributed by atoms with Gasteiger partial charge in [0, 0.05) is 31.7 Å². The van der Waals surface area contributed by atoms with E-state index < -0.39 is 0 Å². The topological polar surface area (TPSA) is 68.3 Å². The van der Waals surface area contributed by atoms with Gasteiger partial charge in [-0.05, 0) is 36.2 Å². The largest absolute Gasteiger partial charge is 0.493 e. The first-order chi connectivity index (χ1) is 15.0. The third-order valence-corrected chi connectivity index (χ3v) is 5.32. The van der Waals surface area contributed by atoms with Gasteiger partial charge in [0.1, 0.15) is 5.82 Å². The summed E-state index contributed by atoms with van der Waals surface area (Å²) in [6.45, 7) is 1.97. The predicted molar refractivity (Wildman–Crippen MR) is 113 cm³/mol. The number of hydrogen-bond donors (Lipinski definition) is 0. The normalized spacial score (nSPS) is 14.1. The molecule has 0 spiro atoms. The molecule has 0 atom stereocenters. The van der Waals surface area contributed by atoms with Crippen molar-refractivity contribution in [2.75, 3.05) is 47.5 Å². The van der Waals surface area contributed by atoms with Gasteiger partial charge in [-0.2, -0.15) is 0 Å². The number of amides is 2. The van der Waals surface area contributed by atoms with Crippen LogP contribution in [0.15, 0.2) is 36.4 Å². The van der Waals surface area contributed by atoms with Crippen molar-refractivity contribution in [3.8, 4) is 17.2 Å². The van der Waals surface area contributed by atoms with Crippen molar-refractivity contribution in [3.63, 3.8) is 0 Å². The second-order valence-corrected chi connectivity index (χ2v) is 7.24. The maximum atomic E-state index is 13.1. The number of rotatable bonds is 6. The highest BCUT2D eigenvalue weighted by Gasteiger charge is 2.25. The Kier molecular flexibility index (Phi) is 7.33. The lowest BCUT2D eigenvalue weighted by molar-refractivity contribution is -0.130. The molecule has 0 radical (unpaired) electrons. The first-order valence-corrected chi connectivity index (χ1v) is 10.1. The minimum absolute atomic E-state index is 0.0336. The number of nitrogens with zero attached hydrogens (tertiary/aromatic N) is 2. The zero-order valence-corrected chi connectivity index (χ0v) is 18.0. The van der Waals surface area contributed by atoms with E-state index in [2.05, 4.69) is 0 Å². The van der Waals surface area contributed by atoms with Gasteiger partial charge in [-0.15, -0.1) is 0 Å². The summed E-state index contributed by atoms with van der Waals surface area (Å²) in [7, 11) is 4.51. The van der Waals surface area contributed by atoms with E-state index in [0.717, 1.165) is 5.56 Å². The molecule has 7 nitrogen and oxygen atoms in total. The Morgan fingerprint density at radius 2 is 1.45 bits per heavy atom. The van der Waals surface area contributed by atoms with E-state index in [1.54, 1.807) is 34.1 Å². The fourth-order valence-corrected chi connectivity index (χ4v) is 3.65. The number of ether oxygens (including phenoxy) is 3. The van der Waals surface area contributed by atoms with Crippen LogP contribution in [0.4, 0.5) is 4.39 Å². The SMILES string of the molecule is COc1cc(C(=O)N2CCCN(C(=O)Cc3ccc(F)cc3)CC2)cc(OC)c1OC. The van der Waals surface area contributed by atoms with Crippen molar-refractivity contribution in [3.05, 3.63) is 53.3 Å². The fourth-order valence-electron chi connectivity index (χ4n) is 3.65. The summed E-state index contributed by atoms with van der Waals surface area (Å²) >= 11 is 0. The molecular formula is C23H27FN2O5. The van der Waals surface area contributed by atoms with Gasteiger partial charge in [-0.1, -0.05) is 12.1 Å². The number of carbonyl (C=O) groups is 2. The lowest BCUT2D eigenvalue weighted by atomic mass is 10.1. The molecule has 31 heavy (non-hydrogen) atoms. The number of methoxy groups -OCH3 is 3. The summed E-state index contributed by atoms with van der Waals surface area (Å²) < 4.78 is 29.1. The average molecular weight is 430 g/mol. The van der Waals surface area contributed by atoms with Crippen LogP contribution in [0.2, 0.25) is 0 Å². The Balaban J connectivity index is 1.68. The molecule has 1 aliphatic heterocycles. The van der Waals surface area contributed by atoms with Gasteiger partial charge < -0.3 is 24.0 Å². The van der Waals surface area contributed by atoms with Crippen LogP contribution in [0.1, 0.15) is 22.3 Å². The number of halogens is 1. The second-order valence-electron chi connectivity index (χ2n) is 7.24. The van der Waals surface area contributed by atoms with Crippen molar-refractivity contribution < 1.29 is 28.2 Å². The van der Waals surface area contributed by atoms with Crippen molar-refractivity contribution in [1.29, 1.82) is 0 Å². The average Bonchev–Trinajstić information content (AvgIpc) is 3.05. The minimum atomic E-state index is -0.327. The maximum Gasteiger partial charge on any atom is 0.254 e. The molecular weight excluding hydrogens is 403 g/mol. The molecule has 1 aliphatic rings. The third kappa shape index (κ3) is 5.25. The Hall–Kier alpha value is -3.29. The molecule has 0 aliphatic carbocycles. The molecule has 1 fully saturated rings. The molecule has 2 aromatic carbocycles. The lowest BCUT2D eigenvalue weighted by Crippen LogP contribution is -2.38. The molecule has 1 heterocycles. The smallest absolute Gasteiger partial charge is 0.254 e. The number of hydrogen-bond acceptors (Lipinski definition) is 5. The van der Waals surface area contributed by atoms with E-state index in [9.17, 15) is 14.0 Å². The Labute approximate surface area is 181 Å². The number of carbonyl (C=O) groups excluding carboxylic acids is 2. The number of benzene rings is 2. The van der Waals surface area contributed by atoms with Gasteiger partial charge in [0.25, 0.3) is 5.91 Å². The van der Waals surface area contributed by atoms with E-state index in [1.165, 1.54) is 33.5 Å². The maximum absolute atomic E-state index is 13.1. The van der Waals surface area contributed by atoms with E-state index >= 15 is 0 Å². The highest BCUT2D eigenvalue weighted by molar-refractivity contribution is 5.95. The summed E-state index contributed by atoms with van der Waals surface area (Å²) in [5.41, 5.74) is 1.20. The molecule has 0 aromatic heterocycles. The van der Waals surface area contributed by atoms with Gasteiger partial charge in [0.05, 0.1) is 27.8 Å². The zero-order chi connectivity index (χ0) is 22.4. The molecule has 8 heteroatoms. The molecule has 166 valence electrons. The van der Waals surface area contributed by atoms with Crippen molar-refractivity contribution in [2.24, 2.45) is 0 Å². The molecule has 0 bridgehead atoms. The first kappa shape index (κ1) is 22.4. The Bertz CT molecular complexity index is 907. The van der Waals surface area contributed by atoms with Gasteiger partial charge in [0.2, 0.25) is 11.7 Å². The van der Waals surface area contributed by atoms with Gasteiger partial charge in [-0.25, -0.2) is 4.39 Å². The monoisotopic (exact) mass is 430 g/mol. The van der Waals surface area contributed by atoms with Crippen molar-refractivity contribution >= 4 is 11.8 Å². The van der Waals surface area contributed by atoms with E-state index in [1.807, 2.05) is 0 Å². The first-order valence-electron chi connectivity index (χ1n) is 10.1. The quantitative estimate of drug-likeness (QED) is 0.705. The van der Waals surface area contributed by atoms with Crippen molar-refractivity contribution in [1.82, 2.24) is 9.80 Å². The van der Waals surface area contributed by atoms with E-state index in [-0.39, 0.29) is 24.1 Å². The molecule has 2 amide bonds. The van der Waals surface area contributed by atoms with Crippen LogP contribution in [0, 0.1) is 5.82 Å². The zero-order valence-electron chi connectivity index (χ0n) is 18.0. The predicted octanol–water partition coefficient (Wildman–Crippen LogP) is 2.77. The molecule has 3 rings (SSSR count). The highest BCUT2D eigenvalue weighted by Crippen LogP contribution is 2.38. The van der Waals surface area contributed by atoms with Crippen LogP contribution >= 0.6 is 0 Å². The van der Waals surface area contributed by atoms with Crippen LogP contribution in [-0.2, 0) is 11.2 Å². The second kappa shape index (κ2) is 10.1. The summed E-state index contributed by atoms with van der Waals surface area (Å²) in [4.78, 5) is 29.3. The summed E-state index contributed by atoms with van der Waals surface area (Å²) in [5.74, 6) is 0.731. The van der Waals surface area contributed by atoms with E-state index in [4.69, 9.17) is 14.2 Å². The lowest BCUT2D eigenvalue weighted by Gasteiger charge is -2.23. The Morgan fingerprint density at radius 3 is 2.03 bits per heavy atom. The third-order valence-electron chi connectivity index (χ3n) is 5.32. The molecule has 2 aromatic rings. The standard InChI is InChI=1S/C23H27FN2O5/c1-29-19-14-17(15-20(30-2)22(19)31-3)23(28)26-10-4-9-25(11-12-26)21(27)13-16-5-7-18(24)8-6-16/h5-8,14-15H,4,9-13H2,1-3H3. The van der Waals surface area contributed by atoms with Gasteiger partial charge in [-0.3, -0.25) is 9.59 Å². The van der Waals surface area contributed by atoms with Crippen molar-refractivity contribution in [2.45, 2.75) is 12.8 Å². The van der Waals surface area contributed by atoms with Gasteiger partial charge in [0.15, 0.2) is 11.5 Å². The fraction of sp³-hybridized carbons (Fsp3) is 0.391. The van der Waals surface area contributed by atoms with E-state index in [0.29, 0.717) is 55.4 Å². The van der Waals surface area contributed by atoms with Crippen LogP contribution in [0.3, 0.4) is 0 Å².